The van der Waals surface area contributed by atoms with E-state index in [2.05, 4.69) is 6.58 Å². The van der Waals surface area contributed by atoms with Crippen LogP contribution in [0, 0.1) is 0 Å². The summed E-state index contributed by atoms with van der Waals surface area (Å²) < 4.78 is 29.1. The fraction of sp³-hybridized carbons (Fsp3) is 0.833. The van der Waals surface area contributed by atoms with Crippen molar-refractivity contribution in [3.8, 4) is 0 Å². The summed E-state index contributed by atoms with van der Waals surface area (Å²) in [4.78, 5) is 0. The lowest BCUT2D eigenvalue weighted by atomic mass is 9.97. The van der Waals surface area contributed by atoms with E-state index >= 15 is 0 Å². The monoisotopic (exact) mass is 246 g/mol. The number of rotatable bonds is 4. The van der Waals surface area contributed by atoms with Crippen molar-refractivity contribution >= 4 is 9.84 Å². The molecule has 0 bridgehead atoms. The van der Waals surface area contributed by atoms with Crippen LogP contribution in [0.2, 0.25) is 0 Å². The molecule has 1 saturated heterocycles. The quantitative estimate of drug-likeness (QED) is 0.716. The summed E-state index contributed by atoms with van der Waals surface area (Å²) in [5.74, 6) is 0.307. The molecule has 1 atom stereocenters. The second kappa shape index (κ2) is 5.71. The van der Waals surface area contributed by atoms with Gasteiger partial charge in [-0.3, -0.25) is 0 Å². The predicted molar refractivity (Wildman–Crippen MR) is 66.0 cm³/mol. The molecule has 0 spiro atoms. The van der Waals surface area contributed by atoms with Crippen LogP contribution >= 0.6 is 0 Å². The molecule has 0 radical (unpaired) electrons. The van der Waals surface area contributed by atoms with Crippen LogP contribution in [0.5, 0.6) is 0 Å². The molecule has 4 heteroatoms. The first kappa shape index (κ1) is 13.6. The van der Waals surface area contributed by atoms with Crippen LogP contribution in [0.3, 0.4) is 0 Å². The fourth-order valence-electron chi connectivity index (χ4n) is 2.34. The lowest BCUT2D eigenvalue weighted by Crippen LogP contribution is -2.44. The lowest BCUT2D eigenvalue weighted by Gasteiger charge is -2.33. The highest BCUT2D eigenvalue weighted by Crippen LogP contribution is 2.32. The molecule has 0 saturated carbocycles. The van der Waals surface area contributed by atoms with Gasteiger partial charge in [0.05, 0.1) is 12.0 Å². The summed E-state index contributed by atoms with van der Waals surface area (Å²) in [6, 6.07) is 0. The minimum absolute atomic E-state index is 0.259. The molecule has 0 N–H and O–H groups in total. The van der Waals surface area contributed by atoms with Crippen LogP contribution in [0.4, 0.5) is 0 Å². The normalized spacial score (nSPS) is 30.1. The molecule has 0 aromatic carbocycles. The Balaban J connectivity index is 2.93. The van der Waals surface area contributed by atoms with E-state index in [0.717, 1.165) is 32.1 Å². The van der Waals surface area contributed by atoms with Gasteiger partial charge < -0.3 is 4.74 Å². The van der Waals surface area contributed by atoms with Crippen molar-refractivity contribution in [2.75, 3.05) is 12.4 Å². The van der Waals surface area contributed by atoms with Gasteiger partial charge in [0, 0.05) is 0 Å². The van der Waals surface area contributed by atoms with Crippen molar-refractivity contribution in [3.05, 3.63) is 12.8 Å². The van der Waals surface area contributed by atoms with Crippen LogP contribution in [-0.2, 0) is 14.6 Å². The van der Waals surface area contributed by atoms with Gasteiger partial charge in [-0.05, 0) is 19.3 Å². The average molecular weight is 246 g/mol. The van der Waals surface area contributed by atoms with Gasteiger partial charge in [-0.2, -0.15) is 0 Å². The minimum Gasteiger partial charge on any atom is -0.500 e. The second-order valence-electron chi connectivity index (χ2n) is 4.50. The van der Waals surface area contributed by atoms with E-state index in [1.165, 1.54) is 6.26 Å². The Hall–Kier alpha value is -0.510. The first-order chi connectivity index (χ1) is 7.58. The zero-order valence-corrected chi connectivity index (χ0v) is 10.9. The van der Waals surface area contributed by atoms with Crippen LogP contribution in [0.25, 0.3) is 0 Å². The van der Waals surface area contributed by atoms with Crippen molar-refractivity contribution in [2.24, 2.45) is 0 Å². The summed E-state index contributed by atoms with van der Waals surface area (Å²) in [6.07, 6.45) is 6.62. The molecule has 1 aliphatic heterocycles. The summed E-state index contributed by atoms with van der Waals surface area (Å²) >= 11 is 0. The maximum atomic E-state index is 12.3. The maximum Gasteiger partial charge on any atom is 0.159 e. The van der Waals surface area contributed by atoms with Crippen molar-refractivity contribution in [2.45, 2.75) is 50.2 Å². The van der Waals surface area contributed by atoms with E-state index in [-0.39, 0.29) is 6.61 Å². The number of hydrogen-bond donors (Lipinski definition) is 0. The zero-order chi connectivity index (χ0) is 12.1. The van der Waals surface area contributed by atoms with Gasteiger partial charge in [-0.15, -0.1) is 0 Å². The van der Waals surface area contributed by atoms with E-state index in [9.17, 15) is 8.42 Å². The second-order valence-corrected chi connectivity index (χ2v) is 7.00. The predicted octanol–water partition coefficient (Wildman–Crippen LogP) is 2.67. The molecule has 1 fully saturated rings. The number of hydrogen-bond acceptors (Lipinski definition) is 3. The molecule has 1 rings (SSSR count). The van der Waals surface area contributed by atoms with Gasteiger partial charge in [0.1, 0.15) is 11.4 Å². The molecule has 0 amide bonds. The van der Waals surface area contributed by atoms with E-state index in [4.69, 9.17) is 4.74 Å². The molecule has 3 nitrogen and oxygen atoms in total. The van der Waals surface area contributed by atoms with Crippen molar-refractivity contribution < 1.29 is 13.2 Å². The third-order valence-electron chi connectivity index (χ3n) is 3.56. The maximum absolute atomic E-state index is 12.3. The topological polar surface area (TPSA) is 43.4 Å². The molecular formula is C12H22O3S. The molecule has 94 valence electrons. The van der Waals surface area contributed by atoms with E-state index in [1.54, 1.807) is 0 Å². The Morgan fingerprint density at radius 1 is 1.31 bits per heavy atom. The smallest absolute Gasteiger partial charge is 0.159 e. The van der Waals surface area contributed by atoms with Crippen LogP contribution in [0.1, 0.15) is 45.4 Å². The summed E-state index contributed by atoms with van der Waals surface area (Å²) in [5, 5.41) is 0. The molecule has 16 heavy (non-hydrogen) atoms. The Kier molecular flexibility index (Phi) is 4.84. The molecule has 1 aliphatic rings. The summed E-state index contributed by atoms with van der Waals surface area (Å²) in [5.41, 5.74) is 0. The Morgan fingerprint density at radius 3 is 2.62 bits per heavy atom. The third-order valence-corrected chi connectivity index (χ3v) is 6.32. The Morgan fingerprint density at radius 2 is 2.00 bits per heavy atom. The van der Waals surface area contributed by atoms with Crippen LogP contribution in [0.15, 0.2) is 12.8 Å². The van der Waals surface area contributed by atoms with E-state index < -0.39 is 14.6 Å². The lowest BCUT2D eigenvalue weighted by molar-refractivity contribution is 0.195. The number of ether oxygens (including phenoxy) is 1. The Labute approximate surface area is 98.8 Å². The highest BCUT2D eigenvalue weighted by molar-refractivity contribution is 7.92. The molecule has 1 unspecified atom stereocenters. The van der Waals surface area contributed by atoms with Crippen molar-refractivity contribution in [1.82, 2.24) is 0 Å². The number of sulfone groups is 1. The largest absolute Gasteiger partial charge is 0.500 e. The highest BCUT2D eigenvalue weighted by Gasteiger charge is 2.42. The Bertz CT molecular complexity index is 321. The summed E-state index contributed by atoms with van der Waals surface area (Å²) in [6.45, 7) is 5.68. The van der Waals surface area contributed by atoms with Gasteiger partial charge in [0.25, 0.3) is 0 Å². The average Bonchev–Trinajstić information content (AvgIpc) is 2.25. The van der Waals surface area contributed by atoms with Gasteiger partial charge in [0.15, 0.2) is 9.84 Å². The fourth-order valence-corrected chi connectivity index (χ4v) is 4.50. The van der Waals surface area contributed by atoms with Gasteiger partial charge >= 0.3 is 0 Å². The van der Waals surface area contributed by atoms with Crippen LogP contribution in [-0.4, -0.2) is 25.5 Å². The SMILES string of the molecule is C=COCC1(CC)CCCCCCS1(=O)=O. The van der Waals surface area contributed by atoms with Crippen molar-refractivity contribution in [1.29, 1.82) is 0 Å². The van der Waals surface area contributed by atoms with E-state index in [0.29, 0.717) is 12.2 Å². The first-order valence-electron chi connectivity index (χ1n) is 6.03. The summed E-state index contributed by atoms with van der Waals surface area (Å²) in [7, 11) is -3.04. The van der Waals surface area contributed by atoms with E-state index in [1.807, 2.05) is 6.92 Å². The van der Waals surface area contributed by atoms with Crippen molar-refractivity contribution in [3.63, 3.8) is 0 Å². The first-order valence-corrected chi connectivity index (χ1v) is 7.68. The highest BCUT2D eigenvalue weighted by atomic mass is 32.2. The standard InChI is InChI=1S/C12H22O3S/c1-3-12(11-15-4-2)9-7-5-6-8-10-16(12,13)14/h4H,2-3,5-11H2,1H3. The zero-order valence-electron chi connectivity index (χ0n) is 10.1. The minimum atomic E-state index is -3.04. The molecule has 0 aromatic rings. The molecule has 0 aliphatic carbocycles. The van der Waals surface area contributed by atoms with Gasteiger partial charge in [-0.1, -0.05) is 32.8 Å². The molecular weight excluding hydrogens is 224 g/mol. The third kappa shape index (κ3) is 2.78. The van der Waals surface area contributed by atoms with Gasteiger partial charge in [-0.25, -0.2) is 8.42 Å². The molecule has 1 heterocycles. The molecule has 0 aromatic heterocycles. The van der Waals surface area contributed by atoms with Gasteiger partial charge in [0.2, 0.25) is 0 Å². The van der Waals surface area contributed by atoms with Crippen LogP contribution < -0.4 is 0 Å².